The van der Waals surface area contributed by atoms with Crippen LogP contribution in [0, 0.1) is 0 Å². The topological polar surface area (TPSA) is 12.0 Å². The normalized spacial score (nSPS) is 20.8. The van der Waals surface area contributed by atoms with Crippen molar-refractivity contribution < 1.29 is 0 Å². The van der Waals surface area contributed by atoms with Gasteiger partial charge in [-0.1, -0.05) is 18.2 Å². The Labute approximate surface area is 60.4 Å². The first-order valence-corrected chi connectivity index (χ1v) is 3.45. The molecule has 2 aliphatic rings. The van der Waals surface area contributed by atoms with Crippen LogP contribution in [0.5, 0.6) is 0 Å². The van der Waals surface area contributed by atoms with E-state index in [1.165, 1.54) is 11.3 Å². The minimum atomic E-state index is 1.05. The average Bonchev–Trinajstić information content (AvgIpc) is 2.12. The van der Waals surface area contributed by atoms with Crippen LogP contribution in [0.3, 0.4) is 0 Å². The van der Waals surface area contributed by atoms with Crippen LogP contribution in [-0.4, -0.2) is 0 Å². The zero-order valence-electron chi connectivity index (χ0n) is 5.67. The van der Waals surface area contributed by atoms with Crippen molar-refractivity contribution in [1.29, 1.82) is 0 Å². The summed E-state index contributed by atoms with van der Waals surface area (Å²) < 4.78 is 0. The van der Waals surface area contributed by atoms with Gasteiger partial charge in [-0.3, -0.25) is 0 Å². The molecule has 1 heteroatoms. The van der Waals surface area contributed by atoms with E-state index >= 15 is 0 Å². The highest BCUT2D eigenvalue weighted by Gasteiger charge is 2.03. The third-order valence-corrected chi connectivity index (χ3v) is 1.68. The largest absolute Gasteiger partial charge is 0.365 e. The van der Waals surface area contributed by atoms with Gasteiger partial charge in [0.05, 0.1) is 0 Å². The van der Waals surface area contributed by atoms with E-state index in [0.717, 1.165) is 6.42 Å². The Hall–Kier alpha value is -1.24. The maximum absolute atomic E-state index is 3.18. The second-order valence-electron chi connectivity index (χ2n) is 2.47. The summed E-state index contributed by atoms with van der Waals surface area (Å²) in [5.74, 6) is 0. The molecule has 0 atom stereocenters. The fourth-order valence-electron chi connectivity index (χ4n) is 1.16. The standard InChI is InChI=1S/C9H9N/c1-2-4-9-7-8(3-1)5-6-10-9/h1-6,10H,7H2. The van der Waals surface area contributed by atoms with Gasteiger partial charge in [0, 0.05) is 18.3 Å². The van der Waals surface area contributed by atoms with Gasteiger partial charge in [-0.05, 0) is 17.7 Å². The van der Waals surface area contributed by atoms with Crippen molar-refractivity contribution in [2.45, 2.75) is 6.42 Å². The number of rotatable bonds is 0. The van der Waals surface area contributed by atoms with Crippen LogP contribution in [0.4, 0.5) is 0 Å². The molecule has 2 bridgehead atoms. The Morgan fingerprint density at radius 1 is 1.20 bits per heavy atom. The molecule has 1 N–H and O–H groups in total. The molecule has 0 fully saturated rings. The van der Waals surface area contributed by atoms with Gasteiger partial charge in [0.15, 0.2) is 0 Å². The van der Waals surface area contributed by atoms with Crippen LogP contribution in [0.1, 0.15) is 6.42 Å². The summed E-state index contributed by atoms with van der Waals surface area (Å²) >= 11 is 0. The minimum absolute atomic E-state index is 1.05. The number of allylic oxidation sites excluding steroid dienone is 6. The molecule has 10 heavy (non-hydrogen) atoms. The summed E-state index contributed by atoms with van der Waals surface area (Å²) in [5.41, 5.74) is 2.65. The predicted octanol–water partition coefficient (Wildman–Crippen LogP) is 1.87. The smallest absolute Gasteiger partial charge is 0.0191 e. The Morgan fingerprint density at radius 2 is 2.10 bits per heavy atom. The van der Waals surface area contributed by atoms with Crippen LogP contribution < -0.4 is 5.32 Å². The highest BCUT2D eigenvalue weighted by molar-refractivity contribution is 5.37. The zero-order valence-corrected chi connectivity index (χ0v) is 5.67. The summed E-state index contributed by atoms with van der Waals surface area (Å²) in [7, 11) is 0. The molecule has 2 rings (SSSR count). The number of fused-ring (bicyclic) bond motifs is 2. The van der Waals surface area contributed by atoms with Gasteiger partial charge in [-0.2, -0.15) is 0 Å². The highest BCUT2D eigenvalue weighted by Crippen LogP contribution is 2.16. The van der Waals surface area contributed by atoms with E-state index in [1.807, 2.05) is 6.20 Å². The summed E-state index contributed by atoms with van der Waals surface area (Å²) in [6, 6.07) is 0. The number of hydrogen-bond donors (Lipinski definition) is 1. The number of hydrogen-bond acceptors (Lipinski definition) is 1. The van der Waals surface area contributed by atoms with E-state index in [-0.39, 0.29) is 0 Å². The first-order valence-electron chi connectivity index (χ1n) is 3.45. The summed E-state index contributed by atoms with van der Waals surface area (Å²) in [6.07, 6.45) is 13.5. The van der Waals surface area contributed by atoms with E-state index in [0.29, 0.717) is 0 Å². The second kappa shape index (κ2) is 2.18. The zero-order chi connectivity index (χ0) is 6.81. The van der Waals surface area contributed by atoms with Crippen LogP contribution in [0.2, 0.25) is 0 Å². The van der Waals surface area contributed by atoms with Gasteiger partial charge < -0.3 is 5.32 Å². The van der Waals surface area contributed by atoms with Crippen molar-refractivity contribution in [3.05, 3.63) is 47.9 Å². The first kappa shape index (κ1) is 5.54. The molecular weight excluding hydrogens is 122 g/mol. The van der Waals surface area contributed by atoms with Crippen LogP contribution in [-0.2, 0) is 0 Å². The van der Waals surface area contributed by atoms with Crippen molar-refractivity contribution in [2.75, 3.05) is 0 Å². The SMILES string of the molecule is C1=CC=C2CC(=C1)C=CN2. The van der Waals surface area contributed by atoms with Crippen LogP contribution in [0.15, 0.2) is 47.9 Å². The molecule has 0 amide bonds. The Morgan fingerprint density at radius 3 is 3.10 bits per heavy atom. The lowest BCUT2D eigenvalue weighted by Crippen LogP contribution is -2.08. The van der Waals surface area contributed by atoms with Crippen molar-refractivity contribution in [1.82, 2.24) is 5.32 Å². The van der Waals surface area contributed by atoms with Gasteiger partial charge in [0.25, 0.3) is 0 Å². The summed E-state index contributed by atoms with van der Waals surface area (Å²) in [4.78, 5) is 0. The molecule has 1 aliphatic carbocycles. The number of nitrogens with one attached hydrogen (secondary N) is 1. The Bertz CT molecular complexity index is 254. The van der Waals surface area contributed by atoms with Gasteiger partial charge in [0.1, 0.15) is 0 Å². The van der Waals surface area contributed by atoms with Gasteiger partial charge in [-0.25, -0.2) is 0 Å². The molecule has 0 saturated carbocycles. The molecule has 0 aromatic carbocycles. The summed E-state index contributed by atoms with van der Waals surface area (Å²) in [5, 5.41) is 3.18. The predicted molar refractivity (Wildman–Crippen MR) is 42.2 cm³/mol. The van der Waals surface area contributed by atoms with E-state index < -0.39 is 0 Å². The summed E-state index contributed by atoms with van der Waals surface area (Å²) in [6.45, 7) is 0. The molecule has 0 saturated heterocycles. The van der Waals surface area contributed by atoms with Gasteiger partial charge >= 0.3 is 0 Å². The molecule has 1 heterocycles. The van der Waals surface area contributed by atoms with Crippen LogP contribution >= 0.6 is 0 Å². The Balaban J connectivity index is 2.44. The quantitative estimate of drug-likeness (QED) is 0.529. The van der Waals surface area contributed by atoms with Crippen molar-refractivity contribution in [3.63, 3.8) is 0 Å². The highest BCUT2D eigenvalue weighted by atomic mass is 14.9. The molecule has 0 spiro atoms. The lowest BCUT2D eigenvalue weighted by Gasteiger charge is -2.11. The minimum Gasteiger partial charge on any atom is -0.365 e. The molecular formula is C9H9N. The molecule has 50 valence electrons. The molecule has 1 aliphatic heterocycles. The second-order valence-corrected chi connectivity index (χ2v) is 2.47. The fraction of sp³-hybridized carbons (Fsp3) is 0.111. The van der Waals surface area contributed by atoms with E-state index in [4.69, 9.17) is 0 Å². The van der Waals surface area contributed by atoms with Crippen molar-refractivity contribution in [3.8, 4) is 0 Å². The Kier molecular flexibility index (Phi) is 1.21. The van der Waals surface area contributed by atoms with E-state index in [9.17, 15) is 0 Å². The molecule has 0 aromatic heterocycles. The van der Waals surface area contributed by atoms with E-state index in [1.54, 1.807) is 0 Å². The van der Waals surface area contributed by atoms with E-state index in [2.05, 4.69) is 35.7 Å². The van der Waals surface area contributed by atoms with Crippen molar-refractivity contribution in [2.24, 2.45) is 0 Å². The molecule has 0 radical (unpaired) electrons. The lowest BCUT2D eigenvalue weighted by atomic mass is 10.1. The molecule has 0 aromatic rings. The lowest BCUT2D eigenvalue weighted by molar-refractivity contribution is 0.941. The van der Waals surface area contributed by atoms with Gasteiger partial charge in [0.2, 0.25) is 0 Å². The third-order valence-electron chi connectivity index (χ3n) is 1.68. The molecule has 1 nitrogen and oxygen atoms in total. The van der Waals surface area contributed by atoms with Gasteiger partial charge in [-0.15, -0.1) is 0 Å². The maximum atomic E-state index is 3.18. The maximum Gasteiger partial charge on any atom is 0.0191 e. The van der Waals surface area contributed by atoms with Crippen molar-refractivity contribution >= 4 is 0 Å². The van der Waals surface area contributed by atoms with Crippen LogP contribution in [0.25, 0.3) is 0 Å². The first-order chi connectivity index (χ1) is 4.95. The fourth-order valence-corrected chi connectivity index (χ4v) is 1.16. The monoisotopic (exact) mass is 131 g/mol. The third kappa shape index (κ3) is 0.903. The average molecular weight is 131 g/mol. The molecule has 0 unspecified atom stereocenters.